The van der Waals surface area contributed by atoms with Gasteiger partial charge in [-0.25, -0.2) is 9.89 Å². The summed E-state index contributed by atoms with van der Waals surface area (Å²) >= 11 is 0. The molecule has 0 aliphatic heterocycles. The average Bonchev–Trinajstić information content (AvgIpc) is 2.64. The highest BCUT2D eigenvalue weighted by atomic mass is 16.5. The fourth-order valence-electron chi connectivity index (χ4n) is 2.66. The molecule has 0 unspecified atom stereocenters. The van der Waals surface area contributed by atoms with Crippen LogP contribution in [0.25, 0.3) is 10.8 Å². The van der Waals surface area contributed by atoms with Crippen LogP contribution in [0, 0.1) is 0 Å². The number of aromatic nitrogens is 2. The fourth-order valence-corrected chi connectivity index (χ4v) is 2.66. The molecule has 3 rings (SSSR count). The van der Waals surface area contributed by atoms with Gasteiger partial charge in [0.2, 0.25) is 0 Å². The van der Waals surface area contributed by atoms with Crippen LogP contribution < -0.4 is 25.5 Å². The minimum Gasteiger partial charge on any atom is -0.493 e. The number of ether oxygens (including phenoxy) is 3. The summed E-state index contributed by atoms with van der Waals surface area (Å²) < 4.78 is 15.4. The Morgan fingerprint density at radius 3 is 2.27 bits per heavy atom. The van der Waals surface area contributed by atoms with E-state index in [0.29, 0.717) is 40.1 Å². The Bertz CT molecular complexity index is 1010. The van der Waals surface area contributed by atoms with Crippen molar-refractivity contribution >= 4 is 16.9 Å². The summed E-state index contributed by atoms with van der Waals surface area (Å²) in [6, 6.07) is 10.2. The first kappa shape index (κ1) is 17.3. The molecule has 1 heterocycles. The van der Waals surface area contributed by atoms with Crippen molar-refractivity contribution in [3.8, 4) is 17.2 Å². The number of carbonyl (C=O) groups excluding carboxylic acids is 1. The van der Waals surface area contributed by atoms with E-state index < -0.39 is 6.09 Å². The number of hydrogen-bond acceptors (Lipinski definition) is 6. The molecular formula is C18H17N3O5. The first-order valence-electron chi connectivity index (χ1n) is 7.71. The van der Waals surface area contributed by atoms with E-state index in [1.807, 2.05) is 0 Å². The van der Waals surface area contributed by atoms with Gasteiger partial charge in [-0.3, -0.25) is 4.79 Å². The van der Waals surface area contributed by atoms with Crippen LogP contribution in [0.15, 0.2) is 41.2 Å². The van der Waals surface area contributed by atoms with Crippen LogP contribution in [0.5, 0.6) is 17.2 Å². The zero-order chi connectivity index (χ0) is 18.7. The molecule has 0 aliphatic rings. The molecule has 0 saturated heterocycles. The minimum atomic E-state index is -0.868. The third-order valence-corrected chi connectivity index (χ3v) is 3.89. The molecule has 0 spiro atoms. The summed E-state index contributed by atoms with van der Waals surface area (Å²) in [7, 11) is 3.04. The summed E-state index contributed by atoms with van der Waals surface area (Å²) in [6.45, 7) is 0. The van der Waals surface area contributed by atoms with Crippen molar-refractivity contribution in [2.75, 3.05) is 14.2 Å². The molecule has 0 aliphatic carbocycles. The first-order chi connectivity index (χ1) is 12.5. The van der Waals surface area contributed by atoms with Gasteiger partial charge in [0, 0.05) is 11.8 Å². The Hall–Kier alpha value is -3.55. The second-order valence-corrected chi connectivity index (χ2v) is 5.49. The van der Waals surface area contributed by atoms with Gasteiger partial charge in [0.05, 0.1) is 25.3 Å². The molecule has 0 saturated carbocycles. The van der Waals surface area contributed by atoms with Crippen molar-refractivity contribution in [2.24, 2.45) is 5.73 Å². The molecule has 3 aromatic rings. The number of nitrogens with one attached hydrogen (secondary N) is 1. The van der Waals surface area contributed by atoms with Crippen molar-refractivity contribution in [3.63, 3.8) is 0 Å². The van der Waals surface area contributed by atoms with Crippen LogP contribution in [0.3, 0.4) is 0 Å². The first-order valence-corrected chi connectivity index (χ1v) is 7.71. The van der Waals surface area contributed by atoms with E-state index >= 15 is 0 Å². The Labute approximate surface area is 148 Å². The van der Waals surface area contributed by atoms with Crippen LogP contribution in [0.2, 0.25) is 0 Å². The molecule has 134 valence electrons. The number of primary amides is 1. The largest absolute Gasteiger partial charge is 0.493 e. The van der Waals surface area contributed by atoms with Gasteiger partial charge in [0.25, 0.3) is 5.56 Å². The van der Waals surface area contributed by atoms with Gasteiger partial charge in [-0.1, -0.05) is 12.1 Å². The van der Waals surface area contributed by atoms with Crippen LogP contribution in [-0.4, -0.2) is 30.5 Å². The van der Waals surface area contributed by atoms with Crippen LogP contribution >= 0.6 is 0 Å². The average molecular weight is 355 g/mol. The lowest BCUT2D eigenvalue weighted by atomic mass is 10.0. The van der Waals surface area contributed by atoms with Crippen molar-refractivity contribution in [1.29, 1.82) is 0 Å². The summed E-state index contributed by atoms with van der Waals surface area (Å²) in [4.78, 5) is 22.9. The number of benzene rings is 2. The van der Waals surface area contributed by atoms with Gasteiger partial charge >= 0.3 is 6.09 Å². The molecule has 0 radical (unpaired) electrons. The Morgan fingerprint density at radius 2 is 1.69 bits per heavy atom. The van der Waals surface area contributed by atoms with E-state index in [9.17, 15) is 9.59 Å². The number of hydrogen-bond donors (Lipinski definition) is 2. The number of nitrogens with zero attached hydrogens (tertiary/aromatic N) is 1. The predicted octanol–water partition coefficient (Wildman–Crippen LogP) is 1.99. The smallest absolute Gasteiger partial charge is 0.409 e. The molecule has 8 nitrogen and oxygen atoms in total. The van der Waals surface area contributed by atoms with Gasteiger partial charge < -0.3 is 19.9 Å². The van der Waals surface area contributed by atoms with E-state index in [2.05, 4.69) is 10.2 Å². The summed E-state index contributed by atoms with van der Waals surface area (Å²) in [5, 5.41) is 7.80. The Kier molecular flexibility index (Phi) is 4.74. The van der Waals surface area contributed by atoms with Gasteiger partial charge in [-0.2, -0.15) is 5.10 Å². The van der Waals surface area contributed by atoms with Crippen molar-refractivity contribution in [3.05, 3.63) is 58.0 Å². The van der Waals surface area contributed by atoms with Crippen molar-refractivity contribution in [2.45, 2.75) is 6.42 Å². The second-order valence-electron chi connectivity index (χ2n) is 5.49. The topological polar surface area (TPSA) is 117 Å². The standard InChI is InChI=1S/C18H17N3O5/c1-24-15-8-12-13(9-16(15)25-2)17(22)21-20-14(12)7-10-3-5-11(6-4-10)26-18(19)23/h3-6,8-9H,7H2,1-2H3,(H2,19,23)(H,21,22). The highest BCUT2D eigenvalue weighted by molar-refractivity contribution is 5.87. The monoisotopic (exact) mass is 355 g/mol. The number of amides is 1. The molecule has 2 aromatic carbocycles. The molecule has 8 heteroatoms. The Morgan fingerprint density at radius 1 is 1.08 bits per heavy atom. The zero-order valence-electron chi connectivity index (χ0n) is 14.2. The minimum absolute atomic E-state index is 0.310. The van der Waals surface area contributed by atoms with Crippen molar-refractivity contribution < 1.29 is 19.0 Å². The van der Waals surface area contributed by atoms with Gasteiger partial charge in [-0.05, 0) is 29.8 Å². The lowest BCUT2D eigenvalue weighted by molar-refractivity contribution is 0.211. The van der Waals surface area contributed by atoms with E-state index in [1.165, 1.54) is 14.2 Å². The summed E-state index contributed by atoms with van der Waals surface area (Å²) in [5.74, 6) is 1.33. The van der Waals surface area contributed by atoms with Crippen LogP contribution in [-0.2, 0) is 6.42 Å². The SMILES string of the molecule is COc1cc2c(Cc3ccc(OC(N)=O)cc3)n[nH]c(=O)c2cc1OC. The third-order valence-electron chi connectivity index (χ3n) is 3.89. The van der Waals surface area contributed by atoms with Gasteiger partial charge in [0.15, 0.2) is 11.5 Å². The van der Waals surface area contributed by atoms with Gasteiger partial charge in [0.1, 0.15) is 5.75 Å². The maximum Gasteiger partial charge on any atom is 0.409 e. The lowest BCUT2D eigenvalue weighted by Crippen LogP contribution is -2.16. The summed E-state index contributed by atoms with van der Waals surface area (Å²) in [6.07, 6.45) is -0.410. The quantitative estimate of drug-likeness (QED) is 0.723. The fraction of sp³-hybridized carbons (Fsp3) is 0.167. The van der Waals surface area contributed by atoms with Crippen molar-refractivity contribution in [1.82, 2.24) is 10.2 Å². The molecule has 0 fully saturated rings. The molecule has 0 bridgehead atoms. The molecule has 1 amide bonds. The molecule has 3 N–H and O–H groups in total. The maximum absolute atomic E-state index is 12.1. The number of rotatable bonds is 5. The van der Waals surface area contributed by atoms with Gasteiger partial charge in [-0.15, -0.1) is 0 Å². The maximum atomic E-state index is 12.1. The molecule has 1 aromatic heterocycles. The molecule has 0 atom stereocenters. The number of aromatic amines is 1. The van der Waals surface area contributed by atoms with Crippen LogP contribution in [0.4, 0.5) is 4.79 Å². The van der Waals surface area contributed by atoms with Crippen LogP contribution in [0.1, 0.15) is 11.3 Å². The number of nitrogens with two attached hydrogens (primary N) is 1. The molecular weight excluding hydrogens is 338 g/mol. The van der Waals surface area contributed by atoms with E-state index in [-0.39, 0.29) is 5.56 Å². The third kappa shape index (κ3) is 3.44. The lowest BCUT2D eigenvalue weighted by Gasteiger charge is -2.11. The number of carbonyl (C=O) groups is 1. The van der Waals surface area contributed by atoms with E-state index in [1.54, 1.807) is 36.4 Å². The van der Waals surface area contributed by atoms with E-state index in [4.69, 9.17) is 19.9 Å². The predicted molar refractivity (Wildman–Crippen MR) is 94.9 cm³/mol. The highest BCUT2D eigenvalue weighted by Gasteiger charge is 2.13. The summed E-state index contributed by atoms with van der Waals surface area (Å²) in [5.41, 5.74) is 6.26. The Balaban J connectivity index is 2.01. The number of fused-ring (bicyclic) bond motifs is 1. The second kappa shape index (κ2) is 7.14. The van der Waals surface area contributed by atoms with E-state index in [0.717, 1.165) is 5.56 Å². The normalized spacial score (nSPS) is 10.5. The highest BCUT2D eigenvalue weighted by Crippen LogP contribution is 2.32. The molecule has 26 heavy (non-hydrogen) atoms. The zero-order valence-corrected chi connectivity index (χ0v) is 14.2. The number of methoxy groups -OCH3 is 2. The number of H-pyrrole nitrogens is 1.